The number of rotatable bonds is 8. The molecule has 2 aromatic heterocycles. The Morgan fingerprint density at radius 2 is 2.03 bits per heavy atom. The lowest BCUT2D eigenvalue weighted by atomic mass is 10.3. The zero-order valence-corrected chi connectivity index (χ0v) is 19.1. The van der Waals surface area contributed by atoms with Crippen molar-refractivity contribution in [3.63, 3.8) is 0 Å². The van der Waals surface area contributed by atoms with E-state index >= 15 is 0 Å². The Morgan fingerprint density at radius 1 is 1.23 bits per heavy atom. The van der Waals surface area contributed by atoms with Crippen molar-refractivity contribution in [3.8, 4) is 0 Å². The molecule has 9 nitrogen and oxygen atoms in total. The van der Waals surface area contributed by atoms with Crippen LogP contribution >= 0.6 is 11.8 Å². The van der Waals surface area contributed by atoms with Gasteiger partial charge in [-0.1, -0.05) is 18.7 Å². The second-order valence-corrected chi connectivity index (χ2v) is 10.8. The highest BCUT2D eigenvalue weighted by Crippen LogP contribution is 2.38. The molecule has 0 bridgehead atoms. The molecular weight excluding hydrogens is 436 g/mol. The number of fused-ring (bicyclic) bond motifs is 1. The van der Waals surface area contributed by atoms with Crippen LogP contribution < -0.4 is 0 Å². The monoisotopic (exact) mass is 462 g/mol. The average Bonchev–Trinajstić information content (AvgIpc) is 3.43. The van der Waals surface area contributed by atoms with Gasteiger partial charge in [0.05, 0.1) is 34.9 Å². The Bertz CT molecular complexity index is 1180. The van der Waals surface area contributed by atoms with E-state index in [1.165, 1.54) is 17.1 Å². The number of imidazole rings is 1. The second-order valence-electron chi connectivity index (χ2n) is 7.91. The van der Waals surface area contributed by atoms with Crippen molar-refractivity contribution in [1.29, 1.82) is 0 Å². The summed E-state index contributed by atoms with van der Waals surface area (Å²) in [5.74, 6) is 3.05. The van der Waals surface area contributed by atoms with Crippen LogP contribution in [-0.2, 0) is 27.1 Å². The van der Waals surface area contributed by atoms with Gasteiger partial charge in [-0.25, -0.2) is 18.4 Å². The maximum Gasteiger partial charge on any atom is 0.243 e. The van der Waals surface area contributed by atoms with Gasteiger partial charge in [-0.15, -0.1) is 5.10 Å². The third kappa shape index (κ3) is 4.23. The van der Waals surface area contributed by atoms with E-state index in [-0.39, 0.29) is 4.90 Å². The molecule has 1 aliphatic carbocycles. The van der Waals surface area contributed by atoms with E-state index in [0.717, 1.165) is 35.3 Å². The van der Waals surface area contributed by atoms with E-state index in [9.17, 15) is 8.42 Å². The molecule has 166 valence electrons. The fraction of sp³-hybridized carbons (Fsp3) is 0.550. The first kappa shape index (κ1) is 20.9. The summed E-state index contributed by atoms with van der Waals surface area (Å²) in [5, 5.41) is 8.08. The van der Waals surface area contributed by atoms with E-state index in [2.05, 4.69) is 26.7 Å². The van der Waals surface area contributed by atoms with Gasteiger partial charge in [0.25, 0.3) is 0 Å². The molecule has 0 radical (unpaired) electrons. The Balaban J connectivity index is 1.41. The highest BCUT2D eigenvalue weighted by atomic mass is 32.2. The van der Waals surface area contributed by atoms with Crippen molar-refractivity contribution in [3.05, 3.63) is 29.8 Å². The van der Waals surface area contributed by atoms with Gasteiger partial charge in [-0.05, 0) is 37.5 Å². The topological polar surface area (TPSA) is 106 Å². The summed E-state index contributed by atoms with van der Waals surface area (Å²) in [5.41, 5.74) is 1.65. The number of H-pyrrole nitrogens is 1. The molecule has 11 heteroatoms. The molecule has 0 unspecified atom stereocenters. The molecule has 1 saturated carbocycles. The lowest BCUT2D eigenvalue weighted by Gasteiger charge is -2.26. The number of benzene rings is 1. The Labute approximate surface area is 185 Å². The van der Waals surface area contributed by atoms with Crippen LogP contribution in [0.3, 0.4) is 0 Å². The van der Waals surface area contributed by atoms with E-state index in [1.54, 1.807) is 23.9 Å². The fourth-order valence-corrected chi connectivity index (χ4v) is 6.01. The Morgan fingerprint density at radius 3 is 2.77 bits per heavy atom. The van der Waals surface area contributed by atoms with Crippen LogP contribution in [0.25, 0.3) is 11.0 Å². The number of morpholine rings is 1. The Hall–Kier alpha value is -1.95. The molecule has 0 atom stereocenters. The lowest BCUT2D eigenvalue weighted by Crippen LogP contribution is -2.40. The molecule has 1 N–H and O–H groups in total. The van der Waals surface area contributed by atoms with Gasteiger partial charge in [-0.2, -0.15) is 4.31 Å². The molecule has 3 heterocycles. The van der Waals surface area contributed by atoms with E-state index in [0.29, 0.717) is 43.5 Å². The number of hydrogen-bond donors (Lipinski definition) is 1. The molecule has 1 aliphatic heterocycles. The average molecular weight is 463 g/mol. The summed E-state index contributed by atoms with van der Waals surface area (Å²) in [6.07, 6.45) is 3.33. The summed E-state index contributed by atoms with van der Waals surface area (Å²) in [4.78, 5) is 9.65. The number of ether oxygens (including phenoxy) is 1. The first-order valence-corrected chi connectivity index (χ1v) is 13.1. The minimum atomic E-state index is -3.55. The van der Waals surface area contributed by atoms with E-state index < -0.39 is 10.0 Å². The third-order valence-corrected chi connectivity index (χ3v) is 8.37. The van der Waals surface area contributed by atoms with Crippen molar-refractivity contribution in [2.75, 3.05) is 26.3 Å². The van der Waals surface area contributed by atoms with Crippen molar-refractivity contribution in [1.82, 2.24) is 29.0 Å². The van der Waals surface area contributed by atoms with Gasteiger partial charge >= 0.3 is 0 Å². The second kappa shape index (κ2) is 8.53. The van der Waals surface area contributed by atoms with Gasteiger partial charge in [0.1, 0.15) is 11.6 Å². The normalized spacial score (nSPS) is 18.1. The van der Waals surface area contributed by atoms with Crippen molar-refractivity contribution in [2.45, 2.75) is 54.5 Å². The first-order chi connectivity index (χ1) is 15.1. The molecule has 3 aromatic rings. The van der Waals surface area contributed by atoms with Crippen LogP contribution in [0.2, 0.25) is 0 Å². The summed E-state index contributed by atoms with van der Waals surface area (Å²) < 4.78 is 35.0. The molecule has 1 saturated heterocycles. The maximum absolute atomic E-state index is 13.0. The number of nitrogens with zero attached hydrogens (tertiary/aromatic N) is 5. The number of sulfonamides is 1. The number of hydrogen-bond acceptors (Lipinski definition) is 7. The molecule has 1 aromatic carbocycles. The summed E-state index contributed by atoms with van der Waals surface area (Å²) in [6, 6.07) is 5.25. The number of aryl methyl sites for hydroxylation is 1. The van der Waals surface area contributed by atoms with Gasteiger partial charge in [0.15, 0.2) is 0 Å². The van der Waals surface area contributed by atoms with Crippen molar-refractivity contribution in [2.24, 2.45) is 0 Å². The highest BCUT2D eigenvalue weighted by molar-refractivity contribution is 7.98. The van der Waals surface area contributed by atoms with Crippen LogP contribution in [0.1, 0.15) is 43.8 Å². The first-order valence-electron chi connectivity index (χ1n) is 10.7. The largest absolute Gasteiger partial charge is 0.379 e. The molecule has 2 fully saturated rings. The van der Waals surface area contributed by atoms with Crippen LogP contribution in [0.15, 0.2) is 28.3 Å². The smallest absolute Gasteiger partial charge is 0.243 e. The van der Waals surface area contributed by atoms with Crippen LogP contribution in [-0.4, -0.2) is 63.8 Å². The standard InChI is InChI=1S/C20H26N6O3S2/c1-2-7-26-17-6-5-15(31(27,28)25-8-10-29-11-9-25)12-16(17)21-18(26)13-30-20-22-19(23-24-20)14-3-4-14/h5-6,12,14H,2-4,7-11,13H2,1H3,(H,22,23,24). The quantitative estimate of drug-likeness (QED) is 0.513. The SMILES string of the molecule is CCCn1c(CSc2n[nH]c(C3CC3)n2)nc2cc(S(=O)(=O)N3CCOCC3)ccc21. The van der Waals surface area contributed by atoms with E-state index in [1.807, 2.05) is 6.07 Å². The van der Waals surface area contributed by atoms with Gasteiger partial charge in [0.2, 0.25) is 15.2 Å². The zero-order chi connectivity index (χ0) is 21.4. The number of aromatic nitrogens is 5. The van der Waals surface area contributed by atoms with Crippen LogP contribution in [0, 0.1) is 0 Å². The van der Waals surface area contributed by atoms with Gasteiger partial charge < -0.3 is 9.30 Å². The summed E-state index contributed by atoms with van der Waals surface area (Å²) in [7, 11) is -3.55. The van der Waals surface area contributed by atoms with Crippen molar-refractivity contribution >= 4 is 32.8 Å². The Kier molecular flexibility index (Phi) is 5.76. The summed E-state index contributed by atoms with van der Waals surface area (Å²) in [6.45, 7) is 4.56. The molecule has 31 heavy (non-hydrogen) atoms. The maximum atomic E-state index is 13.0. The predicted molar refractivity (Wildman–Crippen MR) is 118 cm³/mol. The van der Waals surface area contributed by atoms with Gasteiger partial charge in [0, 0.05) is 25.6 Å². The minimum Gasteiger partial charge on any atom is -0.379 e. The zero-order valence-electron chi connectivity index (χ0n) is 17.5. The molecule has 0 amide bonds. The molecule has 2 aliphatic rings. The third-order valence-electron chi connectivity index (χ3n) is 5.63. The lowest BCUT2D eigenvalue weighted by molar-refractivity contribution is 0.0730. The molecular formula is C20H26N6O3S2. The van der Waals surface area contributed by atoms with E-state index in [4.69, 9.17) is 9.72 Å². The number of aromatic amines is 1. The van der Waals surface area contributed by atoms with Crippen LogP contribution in [0.5, 0.6) is 0 Å². The van der Waals surface area contributed by atoms with Gasteiger partial charge in [-0.3, -0.25) is 5.10 Å². The predicted octanol–water partition coefficient (Wildman–Crippen LogP) is 2.76. The molecule has 5 rings (SSSR count). The minimum absolute atomic E-state index is 0.283. The molecule has 0 spiro atoms. The number of nitrogens with one attached hydrogen (secondary N) is 1. The fourth-order valence-electron chi connectivity index (χ4n) is 3.83. The summed E-state index contributed by atoms with van der Waals surface area (Å²) >= 11 is 1.55. The number of thioether (sulfide) groups is 1. The highest BCUT2D eigenvalue weighted by Gasteiger charge is 2.28. The van der Waals surface area contributed by atoms with Crippen LogP contribution in [0.4, 0.5) is 0 Å². The van der Waals surface area contributed by atoms with Crippen molar-refractivity contribution < 1.29 is 13.2 Å².